The van der Waals surface area contributed by atoms with Gasteiger partial charge in [0.15, 0.2) is 0 Å². The van der Waals surface area contributed by atoms with Crippen LogP contribution in [0, 0.1) is 5.92 Å². The first-order valence-electron chi connectivity index (χ1n) is 10.1. The van der Waals surface area contributed by atoms with Gasteiger partial charge in [-0.15, -0.1) is 6.58 Å². The fourth-order valence-corrected chi connectivity index (χ4v) is 3.38. The number of benzene rings is 2. The van der Waals surface area contributed by atoms with Crippen molar-refractivity contribution < 1.29 is 19.4 Å². The number of rotatable bonds is 5. The van der Waals surface area contributed by atoms with Gasteiger partial charge < -0.3 is 14.7 Å². The lowest BCUT2D eigenvalue weighted by Gasteiger charge is -2.36. The van der Waals surface area contributed by atoms with Crippen molar-refractivity contribution in [3.05, 3.63) is 83.4 Å². The molecule has 0 radical (unpaired) electrons. The molecule has 2 aromatic rings. The quantitative estimate of drug-likeness (QED) is 0.608. The van der Waals surface area contributed by atoms with E-state index in [2.05, 4.69) is 6.58 Å². The molecule has 1 aliphatic heterocycles. The van der Waals surface area contributed by atoms with E-state index < -0.39 is 18.1 Å². The van der Waals surface area contributed by atoms with E-state index in [4.69, 9.17) is 27.9 Å². The number of halogens is 2. The SMILES string of the molecule is C=CCC1OCCN(C(C(=O)O)C2CC2)C1=O.Clc1ccccc1.Clc1ccccc1. The van der Waals surface area contributed by atoms with E-state index in [0.29, 0.717) is 19.6 Å². The molecule has 5 nitrogen and oxygen atoms in total. The van der Waals surface area contributed by atoms with Crippen LogP contribution in [0.3, 0.4) is 0 Å². The molecule has 1 heterocycles. The summed E-state index contributed by atoms with van der Waals surface area (Å²) >= 11 is 11.1. The lowest BCUT2D eigenvalue weighted by atomic mass is 10.1. The van der Waals surface area contributed by atoms with Crippen molar-refractivity contribution in [1.82, 2.24) is 4.90 Å². The zero-order chi connectivity index (χ0) is 22.6. The molecule has 2 fully saturated rings. The van der Waals surface area contributed by atoms with Gasteiger partial charge >= 0.3 is 5.97 Å². The number of carboxylic acids is 1. The first-order chi connectivity index (χ1) is 14.9. The van der Waals surface area contributed by atoms with Crippen molar-refractivity contribution in [3.8, 4) is 0 Å². The summed E-state index contributed by atoms with van der Waals surface area (Å²) in [5.74, 6) is -0.991. The fourth-order valence-electron chi connectivity index (χ4n) is 3.09. The molecule has 0 aromatic heterocycles. The second-order valence-electron chi connectivity index (χ2n) is 7.13. The number of amides is 1. The number of hydrogen-bond donors (Lipinski definition) is 1. The third kappa shape index (κ3) is 8.74. The molecule has 1 aliphatic carbocycles. The topological polar surface area (TPSA) is 66.8 Å². The number of carbonyl (C=O) groups excluding carboxylic acids is 1. The predicted octanol–water partition coefficient (Wildman–Crippen LogP) is 5.33. The predicted molar refractivity (Wildman–Crippen MR) is 123 cm³/mol. The van der Waals surface area contributed by atoms with Crippen molar-refractivity contribution >= 4 is 35.1 Å². The molecule has 2 unspecified atom stereocenters. The first kappa shape index (κ1) is 24.9. The largest absolute Gasteiger partial charge is 0.480 e. The molecule has 166 valence electrons. The number of ether oxygens (including phenoxy) is 1. The minimum Gasteiger partial charge on any atom is -0.480 e. The van der Waals surface area contributed by atoms with Crippen molar-refractivity contribution in [2.45, 2.75) is 31.4 Å². The van der Waals surface area contributed by atoms with Gasteiger partial charge in [-0.05, 0) is 43.0 Å². The molecule has 1 saturated carbocycles. The zero-order valence-corrected chi connectivity index (χ0v) is 18.7. The molecule has 1 N–H and O–H groups in total. The molecular formula is C24H27Cl2NO4. The Hall–Kier alpha value is -2.34. The maximum atomic E-state index is 12.1. The summed E-state index contributed by atoms with van der Waals surface area (Å²) in [5, 5.41) is 10.8. The van der Waals surface area contributed by atoms with Crippen LogP contribution in [0.15, 0.2) is 73.3 Å². The number of hydrogen-bond acceptors (Lipinski definition) is 3. The Labute approximate surface area is 193 Å². The van der Waals surface area contributed by atoms with Gasteiger partial charge in [-0.25, -0.2) is 4.79 Å². The Morgan fingerprint density at radius 2 is 1.61 bits per heavy atom. The monoisotopic (exact) mass is 463 g/mol. The fraction of sp³-hybridized carbons (Fsp3) is 0.333. The average Bonchev–Trinajstić information content (AvgIpc) is 3.58. The molecular weight excluding hydrogens is 437 g/mol. The minimum atomic E-state index is -0.903. The van der Waals surface area contributed by atoms with E-state index in [9.17, 15) is 14.7 Å². The van der Waals surface area contributed by atoms with Gasteiger partial charge in [0.05, 0.1) is 6.61 Å². The number of nitrogens with zero attached hydrogens (tertiary/aromatic N) is 1. The Balaban J connectivity index is 0.000000199. The Morgan fingerprint density at radius 1 is 1.10 bits per heavy atom. The van der Waals surface area contributed by atoms with E-state index in [1.54, 1.807) is 6.08 Å². The Bertz CT molecular complexity index is 790. The number of morpholine rings is 1. The second-order valence-corrected chi connectivity index (χ2v) is 8.00. The first-order valence-corrected chi connectivity index (χ1v) is 10.9. The molecule has 1 saturated heterocycles. The summed E-state index contributed by atoms with van der Waals surface area (Å²) in [6.45, 7) is 4.35. The van der Waals surface area contributed by atoms with Crippen LogP contribution in [-0.4, -0.2) is 47.2 Å². The van der Waals surface area contributed by atoms with Crippen LogP contribution >= 0.6 is 23.2 Å². The lowest BCUT2D eigenvalue weighted by Crippen LogP contribution is -2.55. The highest BCUT2D eigenvalue weighted by Gasteiger charge is 2.44. The van der Waals surface area contributed by atoms with Gasteiger partial charge in [-0.3, -0.25) is 4.79 Å². The van der Waals surface area contributed by atoms with E-state index in [0.717, 1.165) is 22.9 Å². The lowest BCUT2D eigenvalue weighted by molar-refractivity contribution is -0.164. The summed E-state index contributed by atoms with van der Waals surface area (Å²) in [4.78, 5) is 24.8. The van der Waals surface area contributed by atoms with Crippen molar-refractivity contribution in [3.63, 3.8) is 0 Å². The summed E-state index contributed by atoms with van der Waals surface area (Å²) in [7, 11) is 0. The molecule has 31 heavy (non-hydrogen) atoms. The van der Waals surface area contributed by atoms with Gasteiger partial charge in [0.2, 0.25) is 0 Å². The standard InChI is InChI=1S/C12H17NO4.2C6H5Cl/c1-2-3-9-11(14)13(6-7-17-9)10(12(15)16)8-4-5-8;2*7-6-4-2-1-3-5-6/h2,8-10H,1,3-7H2,(H,15,16);2*1-5H. The smallest absolute Gasteiger partial charge is 0.326 e. The summed E-state index contributed by atoms with van der Waals surface area (Å²) in [6.07, 6.45) is 3.30. The zero-order valence-electron chi connectivity index (χ0n) is 17.2. The average molecular weight is 464 g/mol. The van der Waals surface area contributed by atoms with E-state index >= 15 is 0 Å². The normalized spacial score (nSPS) is 18.6. The summed E-state index contributed by atoms with van der Waals surface area (Å²) in [5.41, 5.74) is 0. The van der Waals surface area contributed by atoms with Crippen LogP contribution in [0.5, 0.6) is 0 Å². The number of carboxylic acid groups (broad SMARTS) is 1. The van der Waals surface area contributed by atoms with Gasteiger partial charge in [0, 0.05) is 23.0 Å². The molecule has 2 aromatic carbocycles. The van der Waals surface area contributed by atoms with E-state index in [-0.39, 0.29) is 11.8 Å². The molecule has 0 spiro atoms. The maximum absolute atomic E-state index is 12.1. The highest BCUT2D eigenvalue weighted by Crippen LogP contribution is 2.36. The minimum absolute atomic E-state index is 0.124. The van der Waals surface area contributed by atoms with Gasteiger partial charge in [-0.1, -0.05) is 65.7 Å². The molecule has 0 bridgehead atoms. The van der Waals surface area contributed by atoms with Crippen molar-refractivity contribution in [2.75, 3.05) is 13.2 Å². The molecule has 2 atom stereocenters. The van der Waals surface area contributed by atoms with Crippen LogP contribution in [0.25, 0.3) is 0 Å². The van der Waals surface area contributed by atoms with Crippen LogP contribution in [0.1, 0.15) is 19.3 Å². The van der Waals surface area contributed by atoms with E-state index in [1.807, 2.05) is 60.7 Å². The number of aliphatic carboxylic acids is 1. The molecule has 4 rings (SSSR count). The third-order valence-electron chi connectivity index (χ3n) is 4.71. The van der Waals surface area contributed by atoms with Crippen LogP contribution in [-0.2, 0) is 14.3 Å². The number of carbonyl (C=O) groups is 2. The van der Waals surface area contributed by atoms with Crippen LogP contribution in [0.4, 0.5) is 0 Å². The third-order valence-corrected chi connectivity index (χ3v) is 5.22. The van der Waals surface area contributed by atoms with Crippen molar-refractivity contribution in [2.24, 2.45) is 5.92 Å². The molecule has 7 heteroatoms. The maximum Gasteiger partial charge on any atom is 0.326 e. The molecule has 2 aliphatic rings. The molecule has 1 amide bonds. The summed E-state index contributed by atoms with van der Waals surface area (Å²) in [6, 6.07) is 18.2. The highest BCUT2D eigenvalue weighted by molar-refractivity contribution is 6.30. The Kier molecular flexibility index (Phi) is 10.6. The van der Waals surface area contributed by atoms with Gasteiger partial charge in [0.1, 0.15) is 12.1 Å². The van der Waals surface area contributed by atoms with Crippen molar-refractivity contribution in [1.29, 1.82) is 0 Å². The highest BCUT2D eigenvalue weighted by atomic mass is 35.5. The van der Waals surface area contributed by atoms with Gasteiger partial charge in [-0.2, -0.15) is 0 Å². The van der Waals surface area contributed by atoms with Gasteiger partial charge in [0.25, 0.3) is 5.91 Å². The Morgan fingerprint density at radius 3 is 1.97 bits per heavy atom. The van der Waals surface area contributed by atoms with Crippen LogP contribution in [0.2, 0.25) is 10.0 Å². The summed E-state index contributed by atoms with van der Waals surface area (Å²) < 4.78 is 5.34. The second kappa shape index (κ2) is 13.2. The van der Waals surface area contributed by atoms with E-state index in [1.165, 1.54) is 4.90 Å². The van der Waals surface area contributed by atoms with Crippen LogP contribution < -0.4 is 0 Å².